The Balaban J connectivity index is 1.20. The van der Waals surface area contributed by atoms with Gasteiger partial charge in [0.1, 0.15) is 12.3 Å². The number of amides is 3. The lowest BCUT2D eigenvalue weighted by Gasteiger charge is -2.36. The number of anilines is 1. The van der Waals surface area contributed by atoms with Crippen LogP contribution in [-0.4, -0.2) is 67.4 Å². The van der Waals surface area contributed by atoms with E-state index in [1.807, 2.05) is 24.3 Å². The number of benzene rings is 1. The molecule has 0 N–H and O–H groups in total. The fraction of sp³-hybridized carbons (Fsp3) is 0.500. The Hall–Kier alpha value is -2.83. The molecule has 5 rings (SSSR count). The van der Waals surface area contributed by atoms with Crippen LogP contribution >= 0.6 is 0 Å². The van der Waals surface area contributed by atoms with E-state index >= 15 is 0 Å². The Bertz CT molecular complexity index is 860. The zero-order valence-corrected chi connectivity index (χ0v) is 16.5. The van der Waals surface area contributed by atoms with Crippen molar-refractivity contribution in [2.24, 2.45) is 23.7 Å². The molecule has 7 nitrogen and oxygen atoms in total. The molecule has 3 fully saturated rings. The minimum absolute atomic E-state index is 0.122. The van der Waals surface area contributed by atoms with Crippen molar-refractivity contribution in [1.82, 2.24) is 9.80 Å². The van der Waals surface area contributed by atoms with Crippen molar-refractivity contribution in [3.8, 4) is 5.75 Å². The summed E-state index contributed by atoms with van der Waals surface area (Å²) in [7, 11) is 1.65. The van der Waals surface area contributed by atoms with Gasteiger partial charge in [0, 0.05) is 37.9 Å². The molecule has 1 aromatic carbocycles. The number of nitrogens with zero attached hydrogens (tertiary/aromatic N) is 3. The van der Waals surface area contributed by atoms with Crippen LogP contribution < -0.4 is 9.64 Å². The molecule has 29 heavy (non-hydrogen) atoms. The predicted molar refractivity (Wildman–Crippen MR) is 106 cm³/mol. The van der Waals surface area contributed by atoms with E-state index in [-0.39, 0.29) is 47.9 Å². The number of likely N-dealkylation sites (tertiary alicyclic amines) is 1. The summed E-state index contributed by atoms with van der Waals surface area (Å²) in [5, 5.41) is 0. The molecule has 4 atom stereocenters. The molecule has 7 heteroatoms. The minimum Gasteiger partial charge on any atom is -0.497 e. The average molecular weight is 395 g/mol. The smallest absolute Gasteiger partial charge is 0.242 e. The van der Waals surface area contributed by atoms with Crippen molar-refractivity contribution in [2.75, 3.05) is 44.7 Å². The van der Waals surface area contributed by atoms with Gasteiger partial charge in [0.2, 0.25) is 17.7 Å². The minimum atomic E-state index is -0.241. The second kappa shape index (κ2) is 6.90. The number of rotatable bonds is 4. The molecule has 4 aliphatic rings. The number of ether oxygens (including phenoxy) is 1. The third kappa shape index (κ3) is 2.91. The fourth-order valence-electron chi connectivity index (χ4n) is 5.38. The molecule has 3 amide bonds. The fourth-order valence-corrected chi connectivity index (χ4v) is 5.38. The van der Waals surface area contributed by atoms with E-state index in [1.165, 1.54) is 4.90 Å². The van der Waals surface area contributed by atoms with Gasteiger partial charge in [0.05, 0.1) is 18.9 Å². The maximum absolute atomic E-state index is 12.8. The number of carbonyl (C=O) groups is 3. The van der Waals surface area contributed by atoms with Crippen molar-refractivity contribution in [3.05, 3.63) is 36.4 Å². The quantitative estimate of drug-likeness (QED) is 0.565. The predicted octanol–water partition coefficient (Wildman–Crippen LogP) is 1.15. The zero-order chi connectivity index (χ0) is 20.1. The molecule has 152 valence electrons. The number of allylic oxidation sites excluding steroid dienone is 2. The number of methoxy groups -OCH3 is 1. The van der Waals surface area contributed by atoms with Crippen LogP contribution in [-0.2, 0) is 14.4 Å². The first-order valence-corrected chi connectivity index (χ1v) is 10.3. The van der Waals surface area contributed by atoms with E-state index in [2.05, 4.69) is 17.1 Å². The van der Waals surface area contributed by atoms with Gasteiger partial charge in [-0.3, -0.25) is 19.3 Å². The van der Waals surface area contributed by atoms with E-state index in [4.69, 9.17) is 4.74 Å². The Morgan fingerprint density at radius 3 is 2.31 bits per heavy atom. The van der Waals surface area contributed by atoms with Gasteiger partial charge < -0.3 is 14.5 Å². The first kappa shape index (κ1) is 18.2. The van der Waals surface area contributed by atoms with E-state index in [0.717, 1.165) is 17.9 Å². The molecular formula is C22H25N3O4. The maximum Gasteiger partial charge on any atom is 0.242 e. The molecule has 0 aromatic heterocycles. The number of fused-ring (bicyclic) bond motifs is 5. The zero-order valence-electron chi connectivity index (χ0n) is 16.5. The number of imide groups is 1. The molecule has 2 bridgehead atoms. The molecule has 2 heterocycles. The number of hydrogen-bond donors (Lipinski definition) is 0. The average Bonchev–Trinajstić information content (AvgIpc) is 3.44. The van der Waals surface area contributed by atoms with Crippen LogP contribution in [0.3, 0.4) is 0 Å². The molecule has 1 saturated carbocycles. The van der Waals surface area contributed by atoms with Crippen LogP contribution in [0.4, 0.5) is 5.69 Å². The lowest BCUT2D eigenvalue weighted by Crippen LogP contribution is -2.52. The third-order valence-corrected chi connectivity index (χ3v) is 6.91. The summed E-state index contributed by atoms with van der Waals surface area (Å²) < 4.78 is 5.29. The van der Waals surface area contributed by atoms with Crippen molar-refractivity contribution in [1.29, 1.82) is 0 Å². The van der Waals surface area contributed by atoms with Gasteiger partial charge in [-0.15, -0.1) is 0 Å². The molecule has 0 unspecified atom stereocenters. The third-order valence-electron chi connectivity index (χ3n) is 6.91. The maximum atomic E-state index is 12.8. The van der Waals surface area contributed by atoms with Crippen molar-refractivity contribution in [3.63, 3.8) is 0 Å². The highest BCUT2D eigenvalue weighted by molar-refractivity contribution is 6.08. The monoisotopic (exact) mass is 395 g/mol. The molecule has 0 radical (unpaired) electrons. The summed E-state index contributed by atoms with van der Waals surface area (Å²) in [6.45, 7) is 2.45. The van der Waals surface area contributed by atoms with Crippen molar-refractivity contribution >= 4 is 23.4 Å². The van der Waals surface area contributed by atoms with E-state index < -0.39 is 0 Å². The van der Waals surface area contributed by atoms with Crippen LogP contribution in [0.1, 0.15) is 6.42 Å². The topological polar surface area (TPSA) is 70.2 Å². The Morgan fingerprint density at radius 1 is 1.03 bits per heavy atom. The first-order chi connectivity index (χ1) is 14.1. The summed E-state index contributed by atoms with van der Waals surface area (Å²) in [5.41, 5.74) is 1.07. The van der Waals surface area contributed by atoms with Crippen LogP contribution in [0.5, 0.6) is 5.75 Å². The second-order valence-electron chi connectivity index (χ2n) is 8.33. The van der Waals surface area contributed by atoms with Gasteiger partial charge in [-0.25, -0.2) is 0 Å². The van der Waals surface area contributed by atoms with E-state index in [9.17, 15) is 14.4 Å². The summed E-state index contributed by atoms with van der Waals surface area (Å²) in [6, 6.07) is 7.88. The molecule has 1 aromatic rings. The number of piperazine rings is 1. The Labute approximate surface area is 169 Å². The standard InChI is InChI=1S/C22H25N3O4/c1-29-17-4-2-3-16(12-17)23-7-9-24(10-8-23)18(26)13-25-21(27)19-14-5-6-15(11-14)20(19)22(25)28/h2-6,12,14-15,19-20H,7-11,13H2,1H3/t14-,15-,19-,20+/m0/s1. The Kier molecular flexibility index (Phi) is 4.33. The van der Waals surface area contributed by atoms with Crippen LogP contribution in [0.25, 0.3) is 0 Å². The number of hydrogen-bond acceptors (Lipinski definition) is 5. The lowest BCUT2D eigenvalue weighted by molar-refractivity contribution is -0.147. The van der Waals surface area contributed by atoms with Gasteiger partial charge in [-0.1, -0.05) is 18.2 Å². The van der Waals surface area contributed by atoms with Gasteiger partial charge in [0.25, 0.3) is 0 Å². The summed E-state index contributed by atoms with van der Waals surface area (Å²) in [6.07, 6.45) is 5.04. The highest BCUT2D eigenvalue weighted by atomic mass is 16.5. The molecule has 2 aliphatic carbocycles. The SMILES string of the molecule is COc1cccc(N2CCN(C(=O)CN3C(=O)[C@@H]4[C@H](C3=O)[C@H]3C=C[C@H]4C3)CC2)c1. The van der Waals surface area contributed by atoms with E-state index in [0.29, 0.717) is 26.2 Å². The molecule has 2 saturated heterocycles. The largest absolute Gasteiger partial charge is 0.497 e. The van der Waals surface area contributed by atoms with E-state index in [1.54, 1.807) is 12.0 Å². The van der Waals surface area contributed by atoms with Crippen molar-refractivity contribution < 1.29 is 19.1 Å². The van der Waals surface area contributed by atoms with Gasteiger partial charge in [-0.05, 0) is 30.4 Å². The summed E-state index contributed by atoms with van der Waals surface area (Å²) >= 11 is 0. The number of carbonyl (C=O) groups excluding carboxylic acids is 3. The normalized spacial score (nSPS) is 30.3. The summed E-state index contributed by atoms with van der Waals surface area (Å²) in [5.74, 6) is 0.227. The first-order valence-electron chi connectivity index (χ1n) is 10.3. The highest BCUT2D eigenvalue weighted by Crippen LogP contribution is 2.52. The van der Waals surface area contributed by atoms with Crippen molar-refractivity contribution in [2.45, 2.75) is 6.42 Å². The lowest BCUT2D eigenvalue weighted by atomic mass is 9.85. The van der Waals surface area contributed by atoms with Gasteiger partial charge in [0.15, 0.2) is 0 Å². The summed E-state index contributed by atoms with van der Waals surface area (Å²) in [4.78, 5) is 43.6. The van der Waals surface area contributed by atoms with Crippen LogP contribution in [0.15, 0.2) is 36.4 Å². The van der Waals surface area contributed by atoms with Gasteiger partial charge >= 0.3 is 0 Å². The second-order valence-corrected chi connectivity index (χ2v) is 8.33. The molecule has 2 aliphatic heterocycles. The van der Waals surface area contributed by atoms with Crippen LogP contribution in [0, 0.1) is 23.7 Å². The Morgan fingerprint density at radius 2 is 1.69 bits per heavy atom. The molecular weight excluding hydrogens is 370 g/mol. The van der Waals surface area contributed by atoms with Gasteiger partial charge in [-0.2, -0.15) is 0 Å². The van der Waals surface area contributed by atoms with Crippen LogP contribution in [0.2, 0.25) is 0 Å². The highest BCUT2D eigenvalue weighted by Gasteiger charge is 2.59. The molecule has 0 spiro atoms.